The molecule has 4 aliphatic rings. The summed E-state index contributed by atoms with van der Waals surface area (Å²) in [5.41, 5.74) is 3.77. The van der Waals surface area contributed by atoms with Crippen LogP contribution in [-0.2, 0) is 21.3 Å². The van der Waals surface area contributed by atoms with Gasteiger partial charge in [0.1, 0.15) is 12.5 Å². The number of carbonyl (C=O) groups is 1. The molecule has 0 amide bonds. The van der Waals surface area contributed by atoms with Crippen LogP contribution in [0.4, 0.5) is 0 Å². The molecule has 182 valence electrons. The van der Waals surface area contributed by atoms with Crippen molar-refractivity contribution in [2.24, 2.45) is 17.8 Å². The molecular formula is C31H34O4. The molecule has 0 saturated heterocycles. The van der Waals surface area contributed by atoms with Gasteiger partial charge in [-0.05, 0) is 114 Å². The molecule has 0 atom stereocenters. The van der Waals surface area contributed by atoms with Gasteiger partial charge in [-0.25, -0.2) is 4.79 Å². The van der Waals surface area contributed by atoms with Gasteiger partial charge in [0.15, 0.2) is 0 Å². The summed E-state index contributed by atoms with van der Waals surface area (Å²) in [6.07, 6.45) is 9.13. The first-order valence-corrected chi connectivity index (χ1v) is 13.0. The lowest BCUT2D eigenvalue weighted by molar-refractivity contribution is -0.0296. The van der Waals surface area contributed by atoms with Crippen molar-refractivity contribution < 1.29 is 19.0 Å². The number of carbonyl (C=O) groups excluding carboxylic acids is 1. The number of fused-ring (bicyclic) bond motifs is 1. The van der Waals surface area contributed by atoms with Gasteiger partial charge in [0, 0.05) is 7.11 Å². The third-order valence-electron chi connectivity index (χ3n) is 8.58. The minimum absolute atomic E-state index is 0.288. The zero-order valence-corrected chi connectivity index (χ0v) is 20.5. The first kappa shape index (κ1) is 22.8. The highest BCUT2D eigenvalue weighted by Gasteiger charge is 2.52. The topological polar surface area (TPSA) is 44.8 Å². The fourth-order valence-corrected chi connectivity index (χ4v) is 7.59. The van der Waals surface area contributed by atoms with Crippen molar-refractivity contribution in [3.8, 4) is 5.75 Å². The van der Waals surface area contributed by atoms with E-state index < -0.39 is 0 Å². The van der Waals surface area contributed by atoms with Crippen LogP contribution in [0.15, 0.2) is 60.7 Å². The largest absolute Gasteiger partial charge is 0.423 e. The van der Waals surface area contributed by atoms with Crippen molar-refractivity contribution >= 4 is 16.7 Å². The predicted molar refractivity (Wildman–Crippen MR) is 137 cm³/mol. The molecule has 0 spiro atoms. The van der Waals surface area contributed by atoms with Gasteiger partial charge in [-0.3, -0.25) is 0 Å². The normalized spacial score (nSPS) is 26.8. The van der Waals surface area contributed by atoms with Crippen molar-refractivity contribution in [1.29, 1.82) is 0 Å². The first-order chi connectivity index (χ1) is 17.1. The second-order valence-electron chi connectivity index (χ2n) is 11.0. The number of rotatable bonds is 8. The quantitative estimate of drug-likeness (QED) is 0.159. The molecule has 3 aromatic rings. The zero-order valence-electron chi connectivity index (χ0n) is 20.5. The summed E-state index contributed by atoms with van der Waals surface area (Å²) in [5, 5.41) is 2.33. The average molecular weight is 471 g/mol. The van der Waals surface area contributed by atoms with Gasteiger partial charge in [-0.1, -0.05) is 36.4 Å². The van der Waals surface area contributed by atoms with Crippen LogP contribution < -0.4 is 4.74 Å². The third kappa shape index (κ3) is 4.50. The van der Waals surface area contributed by atoms with E-state index in [1.165, 1.54) is 55.0 Å². The van der Waals surface area contributed by atoms with Crippen LogP contribution in [-0.4, -0.2) is 26.5 Å². The summed E-state index contributed by atoms with van der Waals surface area (Å²) in [7, 11) is 1.67. The summed E-state index contributed by atoms with van der Waals surface area (Å²) in [5.74, 6) is 2.92. The van der Waals surface area contributed by atoms with Crippen LogP contribution in [0.5, 0.6) is 5.75 Å². The second kappa shape index (κ2) is 9.40. The van der Waals surface area contributed by atoms with E-state index in [9.17, 15) is 4.79 Å². The van der Waals surface area contributed by atoms with Crippen molar-refractivity contribution in [1.82, 2.24) is 0 Å². The lowest BCUT2D eigenvalue weighted by atomic mass is 9.47. The molecule has 4 aliphatic carbocycles. The Morgan fingerprint density at radius 1 is 0.886 bits per heavy atom. The maximum Gasteiger partial charge on any atom is 0.343 e. The van der Waals surface area contributed by atoms with Gasteiger partial charge in [0.05, 0.1) is 12.2 Å². The molecule has 0 heterocycles. The van der Waals surface area contributed by atoms with Crippen LogP contribution in [0.2, 0.25) is 0 Å². The molecule has 35 heavy (non-hydrogen) atoms. The lowest BCUT2D eigenvalue weighted by Gasteiger charge is -2.57. The fourth-order valence-electron chi connectivity index (χ4n) is 7.59. The number of benzene rings is 3. The van der Waals surface area contributed by atoms with Gasteiger partial charge >= 0.3 is 5.97 Å². The minimum Gasteiger partial charge on any atom is -0.423 e. The number of ether oxygens (including phenoxy) is 3. The lowest BCUT2D eigenvalue weighted by Crippen LogP contribution is -2.49. The summed E-state index contributed by atoms with van der Waals surface area (Å²) < 4.78 is 16.5. The Labute approximate surface area is 207 Å². The number of esters is 1. The van der Waals surface area contributed by atoms with Gasteiger partial charge in [0.2, 0.25) is 0 Å². The Morgan fingerprint density at radius 2 is 1.60 bits per heavy atom. The molecule has 3 aromatic carbocycles. The molecule has 4 heteroatoms. The molecule has 4 saturated carbocycles. The first-order valence-electron chi connectivity index (χ1n) is 13.0. The van der Waals surface area contributed by atoms with Crippen molar-refractivity contribution in [2.75, 3.05) is 20.5 Å². The summed E-state index contributed by atoms with van der Waals surface area (Å²) in [6, 6.07) is 19.9. The molecule has 0 aromatic heterocycles. The molecule has 0 aliphatic heterocycles. The van der Waals surface area contributed by atoms with Crippen LogP contribution >= 0.6 is 0 Å². The molecule has 0 radical (unpaired) electrons. The Hall–Kier alpha value is -2.69. The Bertz CT molecular complexity index is 1180. The van der Waals surface area contributed by atoms with Gasteiger partial charge in [0.25, 0.3) is 0 Å². The van der Waals surface area contributed by atoms with E-state index in [-0.39, 0.29) is 11.4 Å². The highest BCUT2D eigenvalue weighted by atomic mass is 16.7. The van der Waals surface area contributed by atoms with Crippen LogP contribution in [0.25, 0.3) is 10.8 Å². The zero-order chi connectivity index (χ0) is 23.8. The van der Waals surface area contributed by atoms with Crippen molar-refractivity contribution in [3.63, 3.8) is 0 Å². The van der Waals surface area contributed by atoms with E-state index in [0.717, 1.165) is 29.6 Å². The standard InChI is InChI=1S/C31H34O4/c1-33-20-34-10-9-26-14-25-7-8-28(35-30(32)24-5-3-2-4-6-24)15-27(25)16-29(26)31-17-21-11-22(18-31)13-23(12-21)19-31/h2-8,14-16,21-23H,9-13,17-20H2,1H3. The SMILES string of the molecule is COCOCCc1cc2ccc(OC(=O)c3ccccc3)cc2cc1C12CC3CC(CC(C3)C1)C2. The average Bonchev–Trinajstić information content (AvgIpc) is 2.86. The smallest absolute Gasteiger partial charge is 0.343 e. The van der Waals surface area contributed by atoms with Crippen LogP contribution in [0, 0.1) is 17.8 Å². The third-order valence-corrected chi connectivity index (χ3v) is 8.58. The van der Waals surface area contributed by atoms with Gasteiger partial charge in [-0.2, -0.15) is 0 Å². The minimum atomic E-state index is -0.321. The van der Waals surface area contributed by atoms with Crippen LogP contribution in [0.3, 0.4) is 0 Å². The maximum atomic E-state index is 12.6. The number of methoxy groups -OCH3 is 1. The number of hydrogen-bond donors (Lipinski definition) is 0. The van der Waals surface area contributed by atoms with E-state index in [0.29, 0.717) is 24.7 Å². The Kier molecular flexibility index (Phi) is 6.11. The van der Waals surface area contributed by atoms with E-state index in [2.05, 4.69) is 18.2 Å². The molecular weight excluding hydrogens is 436 g/mol. The molecule has 4 fully saturated rings. The van der Waals surface area contributed by atoms with E-state index in [4.69, 9.17) is 14.2 Å². The van der Waals surface area contributed by atoms with E-state index in [1.807, 2.05) is 30.3 Å². The van der Waals surface area contributed by atoms with E-state index in [1.54, 1.807) is 19.2 Å². The highest BCUT2D eigenvalue weighted by molar-refractivity contribution is 5.92. The second-order valence-corrected chi connectivity index (χ2v) is 11.0. The summed E-state index contributed by atoms with van der Waals surface area (Å²) in [4.78, 5) is 12.6. The summed E-state index contributed by atoms with van der Waals surface area (Å²) >= 11 is 0. The molecule has 4 bridgehead atoms. The Balaban J connectivity index is 1.35. The van der Waals surface area contributed by atoms with Gasteiger partial charge in [-0.15, -0.1) is 0 Å². The summed E-state index contributed by atoms with van der Waals surface area (Å²) in [6.45, 7) is 0.988. The van der Waals surface area contributed by atoms with Crippen LogP contribution in [0.1, 0.15) is 60.0 Å². The van der Waals surface area contributed by atoms with Crippen molar-refractivity contribution in [3.05, 3.63) is 77.4 Å². The van der Waals surface area contributed by atoms with Crippen molar-refractivity contribution in [2.45, 2.75) is 50.4 Å². The highest BCUT2D eigenvalue weighted by Crippen LogP contribution is 2.61. The number of hydrogen-bond acceptors (Lipinski definition) is 4. The van der Waals surface area contributed by atoms with E-state index >= 15 is 0 Å². The molecule has 0 unspecified atom stereocenters. The molecule has 0 N–H and O–H groups in total. The predicted octanol–water partition coefficient (Wildman–Crippen LogP) is 6.69. The van der Waals surface area contributed by atoms with Gasteiger partial charge < -0.3 is 14.2 Å². The molecule has 4 nitrogen and oxygen atoms in total. The fraction of sp³-hybridized carbons (Fsp3) is 0.452. The Morgan fingerprint density at radius 3 is 2.29 bits per heavy atom. The maximum absolute atomic E-state index is 12.6. The monoisotopic (exact) mass is 470 g/mol. The molecule has 7 rings (SSSR count).